The summed E-state index contributed by atoms with van der Waals surface area (Å²) >= 11 is 2.27. The second-order valence-corrected chi connectivity index (χ2v) is 5.69. The molecule has 4 nitrogen and oxygen atoms in total. The summed E-state index contributed by atoms with van der Waals surface area (Å²) in [4.78, 5) is 9.26. The van der Waals surface area contributed by atoms with Crippen LogP contribution >= 0.6 is 22.6 Å². The molecule has 0 aliphatic carbocycles. The number of nitrogens with zero attached hydrogens (tertiary/aromatic N) is 2. The van der Waals surface area contributed by atoms with Crippen LogP contribution in [-0.4, -0.2) is 17.0 Å². The molecule has 0 atom stereocenters. The van der Waals surface area contributed by atoms with E-state index in [1.54, 1.807) is 6.26 Å². The molecule has 3 rings (SSSR count). The van der Waals surface area contributed by atoms with E-state index < -0.39 is 0 Å². The minimum atomic E-state index is 0.598. The minimum Gasteiger partial charge on any atom is -0.461 e. The van der Waals surface area contributed by atoms with Gasteiger partial charge in [0, 0.05) is 12.6 Å². The Balaban J connectivity index is 2.23. The Hall–Kier alpha value is -1.89. The summed E-state index contributed by atoms with van der Waals surface area (Å²) in [6.07, 6.45) is 1.66. The van der Waals surface area contributed by atoms with Crippen molar-refractivity contribution in [2.75, 3.05) is 12.4 Å². The lowest BCUT2D eigenvalue weighted by Crippen LogP contribution is -2.03. The summed E-state index contributed by atoms with van der Waals surface area (Å²) in [5.41, 5.74) is 2.99. The predicted molar refractivity (Wildman–Crippen MR) is 92.2 cm³/mol. The van der Waals surface area contributed by atoms with Gasteiger partial charge in [0.25, 0.3) is 0 Å². The van der Waals surface area contributed by atoms with Gasteiger partial charge < -0.3 is 9.73 Å². The van der Waals surface area contributed by atoms with Gasteiger partial charge in [-0.05, 0) is 41.1 Å². The number of hydrogen-bond donors (Lipinski definition) is 1. The normalized spacial score (nSPS) is 10.6. The quantitative estimate of drug-likeness (QED) is 0.675. The van der Waals surface area contributed by atoms with Gasteiger partial charge >= 0.3 is 0 Å². The number of aryl methyl sites for hydroxylation is 1. The molecule has 0 aliphatic rings. The molecule has 106 valence electrons. The Labute approximate surface area is 136 Å². The number of aromatic nitrogens is 2. The highest BCUT2D eigenvalue weighted by Crippen LogP contribution is 2.31. The second-order valence-electron chi connectivity index (χ2n) is 4.61. The third kappa shape index (κ3) is 2.65. The molecule has 3 aromatic rings. The van der Waals surface area contributed by atoms with Crippen molar-refractivity contribution in [2.45, 2.75) is 6.92 Å². The van der Waals surface area contributed by atoms with Crippen LogP contribution in [0.5, 0.6) is 0 Å². The zero-order valence-corrected chi connectivity index (χ0v) is 13.9. The van der Waals surface area contributed by atoms with Crippen LogP contribution in [0.3, 0.4) is 0 Å². The summed E-state index contributed by atoms with van der Waals surface area (Å²) in [5, 5.41) is 3.13. The Morgan fingerprint density at radius 2 is 1.86 bits per heavy atom. The molecule has 0 saturated carbocycles. The fraction of sp³-hybridized carbons (Fsp3) is 0.125. The van der Waals surface area contributed by atoms with E-state index in [2.05, 4.69) is 32.9 Å². The van der Waals surface area contributed by atoms with Gasteiger partial charge in [-0.2, -0.15) is 0 Å². The van der Waals surface area contributed by atoms with Crippen molar-refractivity contribution in [3.63, 3.8) is 0 Å². The number of rotatable bonds is 3. The number of furan rings is 1. The first kappa shape index (κ1) is 14.1. The fourth-order valence-corrected chi connectivity index (χ4v) is 2.93. The van der Waals surface area contributed by atoms with Gasteiger partial charge in [-0.15, -0.1) is 0 Å². The molecule has 0 spiro atoms. The lowest BCUT2D eigenvalue weighted by molar-refractivity contribution is 0.575. The summed E-state index contributed by atoms with van der Waals surface area (Å²) in [6, 6.07) is 12.0. The second kappa shape index (κ2) is 5.85. The van der Waals surface area contributed by atoms with E-state index >= 15 is 0 Å². The number of benzene rings is 1. The Bertz CT molecular complexity index is 768. The summed E-state index contributed by atoms with van der Waals surface area (Å²) in [7, 11) is 1.86. The first-order valence-corrected chi connectivity index (χ1v) is 7.63. The molecular weight excluding hydrogens is 377 g/mol. The predicted octanol–water partition coefficient (Wildman–Crippen LogP) is 4.36. The van der Waals surface area contributed by atoms with E-state index in [1.165, 1.54) is 0 Å². The first-order valence-electron chi connectivity index (χ1n) is 6.56. The van der Waals surface area contributed by atoms with Crippen molar-refractivity contribution >= 4 is 28.4 Å². The molecule has 1 N–H and O–H groups in total. The van der Waals surface area contributed by atoms with E-state index in [-0.39, 0.29) is 0 Å². The molecule has 0 amide bonds. The summed E-state index contributed by atoms with van der Waals surface area (Å²) in [5.74, 6) is 2.11. The van der Waals surface area contributed by atoms with E-state index in [1.807, 2.05) is 50.4 Å². The average Bonchev–Trinajstić information content (AvgIpc) is 2.94. The lowest BCUT2D eigenvalue weighted by Gasteiger charge is -2.10. The molecule has 0 aliphatic heterocycles. The van der Waals surface area contributed by atoms with Gasteiger partial charge in [-0.25, -0.2) is 9.97 Å². The molecule has 0 bridgehead atoms. The van der Waals surface area contributed by atoms with Crippen LogP contribution in [0.15, 0.2) is 47.1 Å². The Morgan fingerprint density at radius 1 is 1.10 bits per heavy atom. The summed E-state index contributed by atoms with van der Waals surface area (Å²) in [6.45, 7) is 1.99. The Morgan fingerprint density at radius 3 is 2.48 bits per heavy atom. The van der Waals surface area contributed by atoms with Gasteiger partial charge in [-0.3, -0.25) is 0 Å². The van der Waals surface area contributed by atoms with Gasteiger partial charge in [-0.1, -0.05) is 30.3 Å². The standard InChI is InChI=1S/C16H14IN3O/c1-10-8-9-21-14(10)16-19-13(11-6-4-3-5-7-11)12(17)15(18-2)20-16/h3-9H,1-2H3,(H,18,19,20). The smallest absolute Gasteiger partial charge is 0.198 e. The molecule has 5 heteroatoms. The molecular formula is C16H14IN3O. The summed E-state index contributed by atoms with van der Waals surface area (Å²) < 4.78 is 6.52. The van der Waals surface area contributed by atoms with Gasteiger partial charge in [0.15, 0.2) is 11.6 Å². The maximum absolute atomic E-state index is 5.53. The molecule has 0 saturated heterocycles. The molecule has 0 radical (unpaired) electrons. The maximum Gasteiger partial charge on any atom is 0.198 e. The van der Waals surface area contributed by atoms with E-state index in [4.69, 9.17) is 9.40 Å². The van der Waals surface area contributed by atoms with E-state index in [9.17, 15) is 0 Å². The number of anilines is 1. The highest BCUT2D eigenvalue weighted by Gasteiger charge is 2.16. The molecule has 2 aromatic heterocycles. The zero-order valence-electron chi connectivity index (χ0n) is 11.7. The van der Waals surface area contributed by atoms with Crippen LogP contribution < -0.4 is 5.32 Å². The first-order chi connectivity index (χ1) is 10.2. The molecule has 2 heterocycles. The fourth-order valence-electron chi connectivity index (χ4n) is 2.10. The van der Waals surface area contributed by atoms with Crippen LogP contribution in [0, 0.1) is 10.5 Å². The van der Waals surface area contributed by atoms with Crippen molar-refractivity contribution < 1.29 is 4.42 Å². The number of hydrogen-bond acceptors (Lipinski definition) is 4. The van der Waals surface area contributed by atoms with E-state index in [0.717, 1.165) is 26.2 Å². The van der Waals surface area contributed by atoms with Gasteiger partial charge in [0.2, 0.25) is 0 Å². The minimum absolute atomic E-state index is 0.598. The number of halogens is 1. The van der Waals surface area contributed by atoms with Gasteiger partial charge in [0.05, 0.1) is 15.5 Å². The van der Waals surface area contributed by atoms with Crippen molar-refractivity contribution in [3.05, 3.63) is 51.8 Å². The Kier molecular flexibility index (Phi) is 3.92. The van der Waals surface area contributed by atoms with Gasteiger partial charge in [0.1, 0.15) is 5.82 Å². The highest BCUT2D eigenvalue weighted by molar-refractivity contribution is 14.1. The third-order valence-electron chi connectivity index (χ3n) is 3.20. The molecule has 21 heavy (non-hydrogen) atoms. The maximum atomic E-state index is 5.53. The van der Waals surface area contributed by atoms with Crippen LogP contribution in [0.25, 0.3) is 22.8 Å². The van der Waals surface area contributed by atoms with Crippen molar-refractivity contribution in [1.82, 2.24) is 9.97 Å². The van der Waals surface area contributed by atoms with Crippen LogP contribution in [0.1, 0.15) is 5.56 Å². The zero-order chi connectivity index (χ0) is 14.8. The highest BCUT2D eigenvalue weighted by atomic mass is 127. The molecule has 1 aromatic carbocycles. The number of nitrogens with one attached hydrogen (secondary N) is 1. The monoisotopic (exact) mass is 391 g/mol. The average molecular weight is 391 g/mol. The largest absolute Gasteiger partial charge is 0.461 e. The van der Waals surface area contributed by atoms with Crippen molar-refractivity contribution in [3.8, 4) is 22.8 Å². The van der Waals surface area contributed by atoms with Crippen LogP contribution in [-0.2, 0) is 0 Å². The van der Waals surface area contributed by atoms with Crippen molar-refractivity contribution in [2.24, 2.45) is 0 Å². The topological polar surface area (TPSA) is 51.0 Å². The third-order valence-corrected chi connectivity index (χ3v) is 4.22. The molecule has 0 unspecified atom stereocenters. The van der Waals surface area contributed by atoms with Crippen LogP contribution in [0.4, 0.5) is 5.82 Å². The SMILES string of the molecule is CNc1nc(-c2occc2C)nc(-c2ccccc2)c1I. The lowest BCUT2D eigenvalue weighted by atomic mass is 10.1. The van der Waals surface area contributed by atoms with E-state index in [0.29, 0.717) is 11.6 Å². The van der Waals surface area contributed by atoms with Crippen LogP contribution in [0.2, 0.25) is 0 Å². The molecule has 0 fully saturated rings. The van der Waals surface area contributed by atoms with Crippen molar-refractivity contribution in [1.29, 1.82) is 0 Å².